The molecule has 21 heavy (non-hydrogen) atoms. The minimum Gasteiger partial charge on any atom is -0.469 e. The van der Waals surface area contributed by atoms with Crippen molar-refractivity contribution < 1.29 is 14.0 Å². The molecule has 0 aliphatic carbocycles. The summed E-state index contributed by atoms with van der Waals surface area (Å²) in [6, 6.07) is 10.5. The lowest BCUT2D eigenvalue weighted by atomic mass is 9.95. The molecule has 0 saturated heterocycles. The van der Waals surface area contributed by atoms with E-state index in [1.165, 1.54) is 0 Å². The molecule has 2 amide bonds. The number of fused-ring (bicyclic) bond motifs is 1. The average molecular weight is 284 g/mol. The minimum atomic E-state index is -0.510. The number of hydrogen-bond acceptors (Lipinski definition) is 3. The van der Waals surface area contributed by atoms with Crippen LogP contribution in [0.1, 0.15) is 21.7 Å². The zero-order valence-electron chi connectivity index (χ0n) is 11.5. The Morgan fingerprint density at radius 1 is 1.29 bits per heavy atom. The fourth-order valence-electron chi connectivity index (χ4n) is 2.47. The highest BCUT2D eigenvalue weighted by atomic mass is 16.3. The summed E-state index contributed by atoms with van der Waals surface area (Å²) < 4.78 is 5.20. The Bertz CT molecular complexity index is 649. The summed E-state index contributed by atoms with van der Waals surface area (Å²) in [5.74, 6) is 0.473. The van der Waals surface area contributed by atoms with Crippen LogP contribution in [0.5, 0.6) is 0 Å². The van der Waals surface area contributed by atoms with E-state index in [0.29, 0.717) is 24.9 Å². The van der Waals surface area contributed by atoms with Gasteiger partial charge in [0.1, 0.15) is 11.8 Å². The zero-order chi connectivity index (χ0) is 14.7. The van der Waals surface area contributed by atoms with E-state index in [-0.39, 0.29) is 11.8 Å². The molecule has 2 heterocycles. The summed E-state index contributed by atoms with van der Waals surface area (Å²) in [6.07, 6.45) is 2.76. The molecule has 1 atom stereocenters. The number of nitrogens with one attached hydrogen (secondary N) is 2. The fraction of sp³-hybridized carbons (Fsp3) is 0.250. The van der Waals surface area contributed by atoms with Crippen LogP contribution in [-0.4, -0.2) is 24.4 Å². The molecule has 1 aliphatic rings. The van der Waals surface area contributed by atoms with Crippen molar-refractivity contribution in [3.63, 3.8) is 0 Å². The molecule has 3 rings (SSSR count). The van der Waals surface area contributed by atoms with Crippen molar-refractivity contribution in [2.24, 2.45) is 0 Å². The molecule has 1 aliphatic heterocycles. The average Bonchev–Trinajstić information content (AvgIpc) is 3.00. The topological polar surface area (TPSA) is 71.3 Å². The molecule has 0 saturated carbocycles. The molecule has 5 nitrogen and oxygen atoms in total. The van der Waals surface area contributed by atoms with Gasteiger partial charge in [-0.3, -0.25) is 9.59 Å². The smallest absolute Gasteiger partial charge is 0.252 e. The van der Waals surface area contributed by atoms with Gasteiger partial charge in [-0.05, 0) is 23.8 Å². The van der Waals surface area contributed by atoms with Crippen LogP contribution >= 0.6 is 0 Å². The first-order chi connectivity index (χ1) is 10.2. The zero-order valence-corrected chi connectivity index (χ0v) is 11.5. The van der Waals surface area contributed by atoms with E-state index < -0.39 is 6.04 Å². The van der Waals surface area contributed by atoms with E-state index >= 15 is 0 Å². The molecule has 0 unspecified atom stereocenters. The van der Waals surface area contributed by atoms with Gasteiger partial charge in [-0.25, -0.2) is 0 Å². The summed E-state index contributed by atoms with van der Waals surface area (Å²) in [5, 5.41) is 5.57. The van der Waals surface area contributed by atoms with Crippen molar-refractivity contribution in [2.75, 3.05) is 6.54 Å². The lowest BCUT2D eigenvalue weighted by Gasteiger charge is -2.24. The van der Waals surface area contributed by atoms with Crippen molar-refractivity contribution in [1.29, 1.82) is 0 Å². The lowest BCUT2D eigenvalue weighted by Crippen LogP contribution is -2.51. The van der Waals surface area contributed by atoms with E-state index in [1.807, 2.05) is 30.3 Å². The molecule has 0 radical (unpaired) electrons. The molecular weight excluding hydrogens is 268 g/mol. The maximum atomic E-state index is 12.1. The Morgan fingerprint density at radius 3 is 2.95 bits per heavy atom. The van der Waals surface area contributed by atoms with E-state index in [1.54, 1.807) is 12.3 Å². The van der Waals surface area contributed by atoms with Crippen LogP contribution in [0.4, 0.5) is 0 Å². The number of carbonyl (C=O) groups excluding carboxylic acids is 2. The van der Waals surface area contributed by atoms with E-state index in [4.69, 9.17) is 4.42 Å². The first-order valence-corrected chi connectivity index (χ1v) is 6.93. The Morgan fingerprint density at radius 2 is 2.14 bits per heavy atom. The molecule has 2 N–H and O–H groups in total. The molecule has 108 valence electrons. The van der Waals surface area contributed by atoms with E-state index in [0.717, 1.165) is 11.3 Å². The lowest BCUT2D eigenvalue weighted by molar-refractivity contribution is -0.123. The third kappa shape index (κ3) is 2.97. The Balaban J connectivity index is 1.58. The fourth-order valence-corrected chi connectivity index (χ4v) is 2.47. The van der Waals surface area contributed by atoms with Crippen LogP contribution in [-0.2, 0) is 17.6 Å². The molecule has 0 spiro atoms. The number of rotatable bonds is 4. The van der Waals surface area contributed by atoms with E-state index in [9.17, 15) is 9.59 Å². The van der Waals surface area contributed by atoms with Crippen molar-refractivity contribution in [1.82, 2.24) is 10.6 Å². The number of carbonyl (C=O) groups is 2. The Labute approximate surface area is 122 Å². The maximum Gasteiger partial charge on any atom is 0.252 e. The standard InChI is InChI=1S/C16H16N2O3/c19-15-13-6-2-1-4-11(13)10-14(18-15)16(20)17-8-7-12-5-3-9-21-12/h1-6,9,14H,7-8,10H2,(H,17,20)(H,18,19)/t14-/m0/s1. The molecule has 0 bridgehead atoms. The predicted molar refractivity (Wildman–Crippen MR) is 76.8 cm³/mol. The number of hydrogen-bond donors (Lipinski definition) is 2. The Hall–Kier alpha value is -2.56. The second-order valence-electron chi connectivity index (χ2n) is 5.01. The largest absolute Gasteiger partial charge is 0.469 e. The van der Waals surface area contributed by atoms with Gasteiger partial charge in [0.2, 0.25) is 5.91 Å². The second kappa shape index (κ2) is 5.83. The van der Waals surface area contributed by atoms with Gasteiger partial charge in [0.05, 0.1) is 6.26 Å². The van der Waals surface area contributed by atoms with Gasteiger partial charge in [-0.1, -0.05) is 18.2 Å². The number of furan rings is 1. The van der Waals surface area contributed by atoms with Crippen molar-refractivity contribution >= 4 is 11.8 Å². The van der Waals surface area contributed by atoms with Crippen molar-refractivity contribution in [3.8, 4) is 0 Å². The first kappa shape index (κ1) is 13.4. The maximum absolute atomic E-state index is 12.1. The molecule has 1 aromatic carbocycles. The molecular formula is C16H16N2O3. The van der Waals surface area contributed by atoms with Gasteiger partial charge in [-0.2, -0.15) is 0 Å². The van der Waals surface area contributed by atoms with Crippen LogP contribution in [0, 0.1) is 0 Å². The van der Waals surface area contributed by atoms with Gasteiger partial charge >= 0.3 is 0 Å². The third-order valence-electron chi connectivity index (χ3n) is 3.56. The highest BCUT2D eigenvalue weighted by molar-refractivity contribution is 6.00. The SMILES string of the molecule is O=C1N[C@H](C(=O)NCCc2ccco2)Cc2ccccc21. The first-order valence-electron chi connectivity index (χ1n) is 6.93. The highest BCUT2D eigenvalue weighted by Crippen LogP contribution is 2.16. The summed E-state index contributed by atoms with van der Waals surface area (Å²) in [4.78, 5) is 24.1. The van der Waals surface area contributed by atoms with Gasteiger partial charge in [-0.15, -0.1) is 0 Å². The Kier molecular flexibility index (Phi) is 3.73. The quantitative estimate of drug-likeness (QED) is 0.888. The van der Waals surface area contributed by atoms with Crippen molar-refractivity contribution in [2.45, 2.75) is 18.9 Å². The summed E-state index contributed by atoms with van der Waals surface area (Å²) in [7, 11) is 0. The highest BCUT2D eigenvalue weighted by Gasteiger charge is 2.28. The summed E-state index contributed by atoms with van der Waals surface area (Å²) >= 11 is 0. The molecule has 1 aromatic heterocycles. The molecule has 2 aromatic rings. The summed E-state index contributed by atoms with van der Waals surface area (Å²) in [6.45, 7) is 0.486. The van der Waals surface area contributed by atoms with Crippen LogP contribution in [0.15, 0.2) is 47.1 Å². The van der Waals surface area contributed by atoms with Gasteiger partial charge in [0, 0.05) is 24.9 Å². The van der Waals surface area contributed by atoms with Crippen LogP contribution in [0.3, 0.4) is 0 Å². The third-order valence-corrected chi connectivity index (χ3v) is 3.56. The molecule has 5 heteroatoms. The summed E-state index contributed by atoms with van der Waals surface area (Å²) in [5.41, 5.74) is 1.56. The normalized spacial score (nSPS) is 17.0. The van der Waals surface area contributed by atoms with Crippen LogP contribution in [0.25, 0.3) is 0 Å². The van der Waals surface area contributed by atoms with Crippen LogP contribution in [0.2, 0.25) is 0 Å². The number of benzene rings is 1. The monoisotopic (exact) mass is 284 g/mol. The van der Waals surface area contributed by atoms with E-state index in [2.05, 4.69) is 10.6 Å². The second-order valence-corrected chi connectivity index (χ2v) is 5.01. The number of amides is 2. The van der Waals surface area contributed by atoms with Gasteiger partial charge < -0.3 is 15.1 Å². The van der Waals surface area contributed by atoms with Crippen molar-refractivity contribution in [3.05, 3.63) is 59.5 Å². The van der Waals surface area contributed by atoms with Crippen LogP contribution < -0.4 is 10.6 Å². The molecule has 0 fully saturated rings. The van der Waals surface area contributed by atoms with Gasteiger partial charge in [0.15, 0.2) is 0 Å². The van der Waals surface area contributed by atoms with Gasteiger partial charge in [0.25, 0.3) is 5.91 Å². The predicted octanol–water partition coefficient (Wildman–Crippen LogP) is 1.29. The minimum absolute atomic E-state index is 0.163.